The maximum atomic E-state index is 5.94. The monoisotopic (exact) mass is 227 g/mol. The van der Waals surface area contributed by atoms with Gasteiger partial charge in [-0.3, -0.25) is 4.90 Å². The van der Waals surface area contributed by atoms with E-state index in [2.05, 4.69) is 37.6 Å². The normalized spacial score (nSPS) is 23.1. The van der Waals surface area contributed by atoms with Gasteiger partial charge in [0.15, 0.2) is 0 Å². The number of nitrogens with zero attached hydrogens (tertiary/aromatic N) is 2. The van der Waals surface area contributed by atoms with Crippen molar-refractivity contribution in [2.75, 3.05) is 39.8 Å². The van der Waals surface area contributed by atoms with Crippen molar-refractivity contribution in [3.8, 4) is 0 Å². The molecule has 1 aliphatic rings. The second-order valence-electron chi connectivity index (χ2n) is 6.35. The van der Waals surface area contributed by atoms with Crippen LogP contribution in [0.3, 0.4) is 0 Å². The van der Waals surface area contributed by atoms with E-state index in [0.29, 0.717) is 11.5 Å². The average Bonchev–Trinajstić information content (AvgIpc) is 2.38. The van der Waals surface area contributed by atoms with Gasteiger partial charge in [0.1, 0.15) is 0 Å². The molecule has 1 aliphatic heterocycles. The van der Waals surface area contributed by atoms with E-state index in [0.717, 1.165) is 6.54 Å². The van der Waals surface area contributed by atoms with Crippen molar-refractivity contribution in [2.45, 2.75) is 39.7 Å². The van der Waals surface area contributed by atoms with Crippen molar-refractivity contribution < 1.29 is 0 Å². The van der Waals surface area contributed by atoms with E-state index < -0.39 is 0 Å². The summed E-state index contributed by atoms with van der Waals surface area (Å²) in [6, 6.07) is 0.562. The van der Waals surface area contributed by atoms with Crippen LogP contribution in [-0.2, 0) is 0 Å². The Labute approximate surface area is 101 Å². The van der Waals surface area contributed by atoms with Gasteiger partial charge in [-0.15, -0.1) is 0 Å². The highest BCUT2D eigenvalue weighted by Crippen LogP contribution is 2.23. The first-order valence-electron chi connectivity index (χ1n) is 6.55. The molecule has 96 valence electrons. The molecule has 0 saturated carbocycles. The van der Waals surface area contributed by atoms with E-state index in [1.165, 1.54) is 39.0 Å². The number of hydrogen-bond acceptors (Lipinski definition) is 3. The smallest absolute Gasteiger partial charge is 0.0223 e. The molecule has 0 radical (unpaired) electrons. The van der Waals surface area contributed by atoms with E-state index in [9.17, 15) is 0 Å². The molecule has 0 bridgehead atoms. The van der Waals surface area contributed by atoms with Gasteiger partial charge in [-0.2, -0.15) is 0 Å². The summed E-state index contributed by atoms with van der Waals surface area (Å²) in [5.74, 6) is 0. The van der Waals surface area contributed by atoms with Crippen LogP contribution in [0.2, 0.25) is 0 Å². The molecule has 1 saturated heterocycles. The lowest BCUT2D eigenvalue weighted by Gasteiger charge is -2.34. The van der Waals surface area contributed by atoms with Crippen molar-refractivity contribution in [2.24, 2.45) is 11.1 Å². The quantitative estimate of drug-likeness (QED) is 0.791. The Morgan fingerprint density at radius 1 is 1.12 bits per heavy atom. The Morgan fingerprint density at radius 3 is 2.38 bits per heavy atom. The summed E-state index contributed by atoms with van der Waals surface area (Å²) in [5, 5.41) is 0. The first-order valence-corrected chi connectivity index (χ1v) is 6.55. The summed E-state index contributed by atoms with van der Waals surface area (Å²) in [6.07, 6.45) is 2.48. The molecule has 1 atom stereocenters. The van der Waals surface area contributed by atoms with E-state index in [1.54, 1.807) is 0 Å². The lowest BCUT2D eigenvalue weighted by molar-refractivity contribution is 0.157. The summed E-state index contributed by atoms with van der Waals surface area (Å²) in [5.41, 5.74) is 6.32. The average molecular weight is 227 g/mol. The SMILES string of the molecule is CN1CCCN(C(CN)CC(C)(C)C)CC1. The van der Waals surface area contributed by atoms with Crippen molar-refractivity contribution in [3.05, 3.63) is 0 Å². The Bertz CT molecular complexity index is 198. The molecule has 0 aromatic rings. The molecule has 3 nitrogen and oxygen atoms in total. The molecule has 1 fully saturated rings. The molecule has 3 heteroatoms. The van der Waals surface area contributed by atoms with Gasteiger partial charge in [0.25, 0.3) is 0 Å². The molecule has 1 unspecified atom stereocenters. The fraction of sp³-hybridized carbons (Fsp3) is 1.00. The van der Waals surface area contributed by atoms with Crippen LogP contribution in [0, 0.1) is 5.41 Å². The van der Waals surface area contributed by atoms with E-state index in [1.807, 2.05) is 0 Å². The number of hydrogen-bond donors (Lipinski definition) is 1. The van der Waals surface area contributed by atoms with Crippen molar-refractivity contribution >= 4 is 0 Å². The van der Waals surface area contributed by atoms with E-state index in [-0.39, 0.29) is 0 Å². The molecule has 16 heavy (non-hydrogen) atoms. The summed E-state index contributed by atoms with van der Waals surface area (Å²) < 4.78 is 0. The Kier molecular flexibility index (Phi) is 5.22. The summed E-state index contributed by atoms with van der Waals surface area (Å²) >= 11 is 0. The van der Waals surface area contributed by atoms with Gasteiger partial charge in [0, 0.05) is 25.7 Å². The van der Waals surface area contributed by atoms with Gasteiger partial charge in [0.05, 0.1) is 0 Å². The topological polar surface area (TPSA) is 32.5 Å². The van der Waals surface area contributed by atoms with Gasteiger partial charge in [-0.1, -0.05) is 20.8 Å². The highest BCUT2D eigenvalue weighted by Gasteiger charge is 2.24. The largest absolute Gasteiger partial charge is 0.329 e. The van der Waals surface area contributed by atoms with Crippen LogP contribution in [0.5, 0.6) is 0 Å². The van der Waals surface area contributed by atoms with Gasteiger partial charge in [0.2, 0.25) is 0 Å². The molecule has 0 amide bonds. The van der Waals surface area contributed by atoms with Crippen LogP contribution < -0.4 is 5.73 Å². The van der Waals surface area contributed by atoms with Crippen LogP contribution >= 0.6 is 0 Å². The minimum absolute atomic E-state index is 0.377. The highest BCUT2D eigenvalue weighted by molar-refractivity contribution is 4.80. The molecular weight excluding hydrogens is 198 g/mol. The molecule has 0 aromatic carbocycles. The van der Waals surface area contributed by atoms with Crippen LogP contribution in [-0.4, -0.2) is 55.6 Å². The maximum Gasteiger partial charge on any atom is 0.0223 e. The molecule has 1 heterocycles. The third-order valence-corrected chi connectivity index (χ3v) is 3.39. The first-order chi connectivity index (χ1) is 7.42. The second-order valence-corrected chi connectivity index (χ2v) is 6.35. The molecule has 2 N–H and O–H groups in total. The summed E-state index contributed by atoms with van der Waals surface area (Å²) in [6.45, 7) is 12.5. The standard InChI is InChI=1S/C13H29N3/c1-13(2,3)10-12(11-14)16-7-5-6-15(4)8-9-16/h12H,5-11,14H2,1-4H3. The van der Waals surface area contributed by atoms with Crippen LogP contribution in [0.15, 0.2) is 0 Å². The molecule has 1 rings (SSSR count). The summed E-state index contributed by atoms with van der Waals surface area (Å²) in [7, 11) is 2.21. The fourth-order valence-electron chi connectivity index (χ4n) is 2.50. The van der Waals surface area contributed by atoms with Gasteiger partial charge in [-0.05, 0) is 38.4 Å². The lowest BCUT2D eigenvalue weighted by atomic mass is 9.87. The molecule has 0 aromatic heterocycles. The molecule has 0 aliphatic carbocycles. The zero-order valence-corrected chi connectivity index (χ0v) is 11.5. The van der Waals surface area contributed by atoms with Gasteiger partial charge in [-0.25, -0.2) is 0 Å². The number of likely N-dealkylation sites (N-methyl/N-ethyl adjacent to an activating group) is 1. The maximum absolute atomic E-state index is 5.94. The minimum Gasteiger partial charge on any atom is -0.329 e. The molecule has 0 spiro atoms. The number of rotatable bonds is 3. The predicted octanol–water partition coefficient (Wildman–Crippen LogP) is 1.39. The van der Waals surface area contributed by atoms with Gasteiger partial charge >= 0.3 is 0 Å². The third kappa shape index (κ3) is 4.81. The zero-order valence-electron chi connectivity index (χ0n) is 11.5. The van der Waals surface area contributed by atoms with Crippen molar-refractivity contribution in [1.82, 2.24) is 9.80 Å². The van der Waals surface area contributed by atoms with Crippen molar-refractivity contribution in [3.63, 3.8) is 0 Å². The molecular formula is C13H29N3. The predicted molar refractivity (Wildman–Crippen MR) is 70.6 cm³/mol. The lowest BCUT2D eigenvalue weighted by Crippen LogP contribution is -2.44. The van der Waals surface area contributed by atoms with Gasteiger partial charge < -0.3 is 10.6 Å². The minimum atomic E-state index is 0.377. The second kappa shape index (κ2) is 5.99. The van der Waals surface area contributed by atoms with Crippen molar-refractivity contribution in [1.29, 1.82) is 0 Å². The zero-order chi connectivity index (χ0) is 12.2. The first kappa shape index (κ1) is 13.9. The van der Waals surface area contributed by atoms with E-state index in [4.69, 9.17) is 5.73 Å². The Morgan fingerprint density at radius 2 is 1.81 bits per heavy atom. The summed E-state index contributed by atoms with van der Waals surface area (Å²) in [4.78, 5) is 5.01. The third-order valence-electron chi connectivity index (χ3n) is 3.39. The highest BCUT2D eigenvalue weighted by atomic mass is 15.2. The Balaban J connectivity index is 2.51. The van der Waals surface area contributed by atoms with Crippen LogP contribution in [0.25, 0.3) is 0 Å². The Hall–Kier alpha value is -0.120. The van der Waals surface area contributed by atoms with Crippen LogP contribution in [0.1, 0.15) is 33.6 Å². The van der Waals surface area contributed by atoms with E-state index >= 15 is 0 Å². The number of nitrogens with two attached hydrogens (primary N) is 1. The van der Waals surface area contributed by atoms with Crippen LogP contribution in [0.4, 0.5) is 0 Å². The fourth-order valence-corrected chi connectivity index (χ4v) is 2.50.